The molecule has 2 aromatic rings. The summed E-state index contributed by atoms with van der Waals surface area (Å²) in [5, 5.41) is 9.03. The molecule has 0 aliphatic rings. The van der Waals surface area contributed by atoms with E-state index in [-0.39, 0.29) is 17.2 Å². The van der Waals surface area contributed by atoms with Crippen molar-refractivity contribution in [1.29, 1.82) is 0 Å². The van der Waals surface area contributed by atoms with Crippen molar-refractivity contribution in [3.8, 4) is 11.6 Å². The number of hydrogen-bond acceptors (Lipinski definition) is 3. The zero-order valence-electron chi connectivity index (χ0n) is 10.6. The Kier molecular flexibility index (Phi) is 4.34. The van der Waals surface area contributed by atoms with Gasteiger partial charge in [-0.3, -0.25) is 0 Å². The lowest BCUT2D eigenvalue weighted by Crippen LogP contribution is -2.01. The molecule has 4 nitrogen and oxygen atoms in total. The van der Waals surface area contributed by atoms with E-state index in [1.807, 2.05) is 6.92 Å². The maximum absolute atomic E-state index is 13.3. The highest BCUT2D eigenvalue weighted by atomic mass is 79.9. The van der Waals surface area contributed by atoms with Crippen molar-refractivity contribution in [3.05, 3.63) is 51.9 Å². The molecule has 0 spiro atoms. The zero-order chi connectivity index (χ0) is 14.7. The molecule has 20 heavy (non-hydrogen) atoms. The number of aryl methyl sites for hydroxylation is 1. The molecule has 1 aromatic heterocycles. The molecule has 0 aliphatic heterocycles. The van der Waals surface area contributed by atoms with Crippen molar-refractivity contribution < 1.29 is 19.0 Å². The Morgan fingerprint density at radius 2 is 2.10 bits per heavy atom. The van der Waals surface area contributed by atoms with E-state index in [2.05, 4.69) is 20.9 Å². The predicted molar refractivity (Wildman–Crippen MR) is 74.7 cm³/mol. The first-order chi connectivity index (χ1) is 9.47. The Morgan fingerprint density at radius 1 is 1.35 bits per heavy atom. The van der Waals surface area contributed by atoms with Crippen LogP contribution < -0.4 is 4.74 Å². The number of pyridine rings is 1. The molecule has 0 saturated heterocycles. The van der Waals surface area contributed by atoms with Gasteiger partial charge in [-0.2, -0.15) is 0 Å². The van der Waals surface area contributed by atoms with Crippen LogP contribution in [-0.4, -0.2) is 16.1 Å². The van der Waals surface area contributed by atoms with Crippen LogP contribution in [-0.2, 0) is 6.42 Å². The van der Waals surface area contributed by atoms with E-state index < -0.39 is 11.8 Å². The molecule has 0 unspecified atom stereocenters. The number of carboxylic acid groups (broad SMARTS) is 1. The van der Waals surface area contributed by atoms with Crippen LogP contribution in [0, 0.1) is 5.82 Å². The molecule has 0 amide bonds. The standard InChI is InChI=1S/C14H11BrFNO3/c1-2-11-3-8(14(18)19)4-13(17-11)20-12-6-9(15)5-10(16)7-12/h3-7H,2H2,1H3,(H,18,19). The molecular formula is C14H11BrFNO3. The Balaban J connectivity index is 2.37. The lowest BCUT2D eigenvalue weighted by Gasteiger charge is -2.08. The average molecular weight is 340 g/mol. The molecule has 0 radical (unpaired) electrons. The van der Waals surface area contributed by atoms with Crippen LogP contribution in [0.25, 0.3) is 0 Å². The van der Waals surface area contributed by atoms with Crippen molar-refractivity contribution in [2.45, 2.75) is 13.3 Å². The molecule has 2 rings (SSSR count). The number of ether oxygens (including phenoxy) is 1. The first kappa shape index (κ1) is 14.5. The van der Waals surface area contributed by atoms with Gasteiger partial charge in [0.15, 0.2) is 0 Å². The highest BCUT2D eigenvalue weighted by molar-refractivity contribution is 9.10. The lowest BCUT2D eigenvalue weighted by atomic mass is 10.2. The number of benzene rings is 1. The maximum atomic E-state index is 13.3. The average Bonchev–Trinajstić information content (AvgIpc) is 2.36. The molecule has 104 valence electrons. The van der Waals surface area contributed by atoms with Gasteiger partial charge in [0.1, 0.15) is 11.6 Å². The number of carbonyl (C=O) groups is 1. The number of hydrogen-bond donors (Lipinski definition) is 1. The fraction of sp³-hybridized carbons (Fsp3) is 0.143. The van der Waals surface area contributed by atoms with Crippen molar-refractivity contribution in [1.82, 2.24) is 4.98 Å². The molecule has 1 heterocycles. The summed E-state index contributed by atoms with van der Waals surface area (Å²) >= 11 is 3.16. The quantitative estimate of drug-likeness (QED) is 0.913. The van der Waals surface area contributed by atoms with Gasteiger partial charge < -0.3 is 9.84 Å². The van der Waals surface area contributed by atoms with Gasteiger partial charge in [0, 0.05) is 22.3 Å². The predicted octanol–water partition coefficient (Wildman–Crippen LogP) is 4.04. The van der Waals surface area contributed by atoms with E-state index in [1.54, 1.807) is 6.07 Å². The van der Waals surface area contributed by atoms with Crippen molar-refractivity contribution in [2.75, 3.05) is 0 Å². The Morgan fingerprint density at radius 3 is 2.70 bits per heavy atom. The van der Waals surface area contributed by atoms with E-state index in [9.17, 15) is 9.18 Å². The van der Waals surface area contributed by atoms with Crippen molar-refractivity contribution in [3.63, 3.8) is 0 Å². The van der Waals surface area contributed by atoms with Gasteiger partial charge in [0.2, 0.25) is 5.88 Å². The third-order valence-corrected chi connectivity index (χ3v) is 2.98. The number of aromatic carboxylic acids is 1. The minimum atomic E-state index is -1.06. The van der Waals surface area contributed by atoms with E-state index >= 15 is 0 Å². The third kappa shape index (κ3) is 3.54. The highest BCUT2D eigenvalue weighted by Crippen LogP contribution is 2.25. The molecule has 1 aromatic carbocycles. The van der Waals surface area contributed by atoms with E-state index in [0.717, 1.165) is 0 Å². The van der Waals surface area contributed by atoms with Gasteiger partial charge in [-0.1, -0.05) is 22.9 Å². The SMILES string of the molecule is CCc1cc(C(=O)O)cc(Oc2cc(F)cc(Br)c2)n1. The maximum Gasteiger partial charge on any atom is 0.335 e. The molecule has 0 aliphatic carbocycles. The summed E-state index contributed by atoms with van der Waals surface area (Å²) in [5.74, 6) is -1.15. The number of halogens is 2. The molecular weight excluding hydrogens is 329 g/mol. The second-order valence-corrected chi connectivity index (χ2v) is 4.97. The van der Waals surface area contributed by atoms with Crippen LogP contribution in [0.15, 0.2) is 34.8 Å². The van der Waals surface area contributed by atoms with Gasteiger partial charge >= 0.3 is 5.97 Å². The Labute approximate surface area is 123 Å². The second kappa shape index (κ2) is 6.00. The normalized spacial score (nSPS) is 10.3. The Hall–Kier alpha value is -1.95. The van der Waals surface area contributed by atoms with Crippen LogP contribution >= 0.6 is 15.9 Å². The molecule has 0 saturated carbocycles. The van der Waals surface area contributed by atoms with E-state index in [1.165, 1.54) is 24.3 Å². The summed E-state index contributed by atoms with van der Waals surface area (Å²) in [6.45, 7) is 1.86. The largest absolute Gasteiger partial charge is 0.478 e. The third-order valence-electron chi connectivity index (χ3n) is 2.52. The monoisotopic (exact) mass is 339 g/mol. The molecule has 0 atom stereocenters. The van der Waals surface area contributed by atoms with Crippen molar-refractivity contribution >= 4 is 21.9 Å². The van der Waals surface area contributed by atoms with Crippen LogP contribution in [0.2, 0.25) is 0 Å². The van der Waals surface area contributed by atoms with Crippen LogP contribution in [0.1, 0.15) is 23.0 Å². The minimum absolute atomic E-state index is 0.0855. The van der Waals surface area contributed by atoms with Crippen LogP contribution in [0.3, 0.4) is 0 Å². The van der Waals surface area contributed by atoms with Crippen LogP contribution in [0.5, 0.6) is 11.6 Å². The summed E-state index contributed by atoms with van der Waals surface area (Å²) in [7, 11) is 0. The fourth-order valence-corrected chi connectivity index (χ4v) is 2.07. The van der Waals surface area contributed by atoms with Gasteiger partial charge in [-0.25, -0.2) is 14.2 Å². The van der Waals surface area contributed by atoms with Gasteiger partial charge in [0.25, 0.3) is 0 Å². The van der Waals surface area contributed by atoms with E-state index in [0.29, 0.717) is 16.6 Å². The summed E-state index contributed by atoms with van der Waals surface area (Å²) in [5.41, 5.74) is 0.678. The van der Waals surface area contributed by atoms with Crippen molar-refractivity contribution in [2.24, 2.45) is 0 Å². The lowest BCUT2D eigenvalue weighted by molar-refractivity contribution is 0.0696. The summed E-state index contributed by atoms with van der Waals surface area (Å²) < 4.78 is 19.2. The first-order valence-corrected chi connectivity index (χ1v) is 6.65. The molecule has 0 fully saturated rings. The van der Waals surface area contributed by atoms with E-state index in [4.69, 9.17) is 9.84 Å². The minimum Gasteiger partial charge on any atom is -0.478 e. The summed E-state index contributed by atoms with van der Waals surface area (Å²) in [6, 6.07) is 6.86. The fourth-order valence-electron chi connectivity index (χ4n) is 1.63. The van der Waals surface area contributed by atoms with Gasteiger partial charge in [-0.15, -0.1) is 0 Å². The number of aromatic nitrogens is 1. The summed E-state index contributed by atoms with van der Waals surface area (Å²) in [4.78, 5) is 15.2. The highest BCUT2D eigenvalue weighted by Gasteiger charge is 2.10. The first-order valence-electron chi connectivity index (χ1n) is 5.86. The zero-order valence-corrected chi connectivity index (χ0v) is 12.1. The number of rotatable bonds is 4. The molecule has 1 N–H and O–H groups in total. The number of nitrogens with zero attached hydrogens (tertiary/aromatic N) is 1. The van der Waals surface area contributed by atoms with Crippen LogP contribution in [0.4, 0.5) is 4.39 Å². The molecule has 0 bridgehead atoms. The second-order valence-electron chi connectivity index (χ2n) is 4.05. The summed E-state index contributed by atoms with van der Waals surface area (Å²) in [6.07, 6.45) is 0.574. The Bertz CT molecular complexity index is 641. The van der Waals surface area contributed by atoms with Gasteiger partial charge in [0.05, 0.1) is 5.56 Å². The number of carboxylic acids is 1. The topological polar surface area (TPSA) is 59.4 Å². The molecule has 6 heteroatoms. The van der Waals surface area contributed by atoms with Gasteiger partial charge in [-0.05, 0) is 24.6 Å². The smallest absolute Gasteiger partial charge is 0.335 e.